The number of nitrogens with zero attached hydrogens (tertiary/aromatic N) is 3. The number of hydrogen-bond acceptors (Lipinski definition) is 4. The van der Waals surface area contributed by atoms with E-state index in [2.05, 4.69) is 5.10 Å². The van der Waals surface area contributed by atoms with E-state index in [4.69, 9.17) is 4.74 Å². The Labute approximate surface area is 181 Å². The van der Waals surface area contributed by atoms with Gasteiger partial charge in [0.1, 0.15) is 18.1 Å². The molecule has 1 aliphatic carbocycles. The van der Waals surface area contributed by atoms with Crippen LogP contribution in [0.15, 0.2) is 53.6 Å². The second-order valence-electron chi connectivity index (χ2n) is 8.08. The molecular weight excluding hydrogens is 397 g/mol. The zero-order valence-corrected chi connectivity index (χ0v) is 17.8. The molecule has 1 heterocycles. The average molecular weight is 423 g/mol. The van der Waals surface area contributed by atoms with Gasteiger partial charge in [-0.25, -0.2) is 9.40 Å². The van der Waals surface area contributed by atoms with Gasteiger partial charge < -0.3 is 9.64 Å². The van der Waals surface area contributed by atoms with Crippen molar-refractivity contribution >= 4 is 17.5 Å². The Morgan fingerprint density at radius 2 is 1.87 bits per heavy atom. The fourth-order valence-electron chi connectivity index (χ4n) is 4.00. The predicted molar refractivity (Wildman–Crippen MR) is 115 cm³/mol. The number of ether oxygens (including phenoxy) is 1. The van der Waals surface area contributed by atoms with Gasteiger partial charge in [0.2, 0.25) is 5.91 Å². The van der Waals surface area contributed by atoms with Crippen LogP contribution in [0, 0.1) is 11.7 Å². The molecule has 0 aromatic heterocycles. The Hall–Kier alpha value is -3.22. The van der Waals surface area contributed by atoms with E-state index in [1.54, 1.807) is 32.4 Å². The number of rotatable bonds is 6. The summed E-state index contributed by atoms with van der Waals surface area (Å²) in [6.07, 6.45) is 3.20. The van der Waals surface area contributed by atoms with E-state index in [1.807, 2.05) is 24.3 Å². The summed E-state index contributed by atoms with van der Waals surface area (Å²) in [6, 6.07) is 13.5. The van der Waals surface area contributed by atoms with Crippen molar-refractivity contribution in [1.82, 2.24) is 9.91 Å². The molecule has 1 saturated carbocycles. The van der Waals surface area contributed by atoms with E-state index in [0.29, 0.717) is 23.4 Å². The summed E-state index contributed by atoms with van der Waals surface area (Å²) in [4.78, 5) is 27.1. The number of carbonyl (C=O) groups is 2. The number of methoxy groups -OCH3 is 1. The Morgan fingerprint density at radius 3 is 2.48 bits per heavy atom. The summed E-state index contributed by atoms with van der Waals surface area (Å²) >= 11 is 0. The molecule has 2 aliphatic rings. The van der Waals surface area contributed by atoms with Gasteiger partial charge in [0.25, 0.3) is 5.91 Å². The maximum atomic E-state index is 14.4. The van der Waals surface area contributed by atoms with E-state index >= 15 is 0 Å². The summed E-state index contributed by atoms with van der Waals surface area (Å²) in [6.45, 7) is -0.0595. The molecule has 7 heteroatoms. The number of carbonyl (C=O) groups excluding carboxylic acids is 2. The molecule has 0 radical (unpaired) electrons. The van der Waals surface area contributed by atoms with E-state index in [0.717, 1.165) is 24.8 Å². The minimum atomic E-state index is -0.375. The first-order valence-corrected chi connectivity index (χ1v) is 10.5. The summed E-state index contributed by atoms with van der Waals surface area (Å²) in [5.41, 5.74) is 1.77. The van der Waals surface area contributed by atoms with Gasteiger partial charge in [0.15, 0.2) is 0 Å². The fourth-order valence-corrected chi connectivity index (χ4v) is 4.00. The topological polar surface area (TPSA) is 62.2 Å². The van der Waals surface area contributed by atoms with Crippen LogP contribution in [-0.4, -0.2) is 48.1 Å². The minimum Gasteiger partial charge on any atom is -0.497 e. The van der Waals surface area contributed by atoms with Gasteiger partial charge >= 0.3 is 0 Å². The number of halogens is 1. The molecule has 31 heavy (non-hydrogen) atoms. The molecule has 0 bridgehead atoms. The quantitative estimate of drug-likeness (QED) is 0.711. The number of benzene rings is 2. The molecule has 162 valence electrons. The Kier molecular flexibility index (Phi) is 6.02. The lowest BCUT2D eigenvalue weighted by Crippen LogP contribution is -2.42. The first-order valence-electron chi connectivity index (χ1n) is 10.5. The van der Waals surface area contributed by atoms with Crippen molar-refractivity contribution in [1.29, 1.82) is 0 Å². The van der Waals surface area contributed by atoms with Crippen LogP contribution in [0.25, 0.3) is 0 Å². The second-order valence-corrected chi connectivity index (χ2v) is 8.08. The van der Waals surface area contributed by atoms with Crippen LogP contribution in [0.5, 0.6) is 5.75 Å². The van der Waals surface area contributed by atoms with Crippen molar-refractivity contribution in [2.45, 2.75) is 31.7 Å². The highest BCUT2D eigenvalue weighted by Gasteiger charge is 2.36. The zero-order valence-electron chi connectivity index (χ0n) is 17.8. The van der Waals surface area contributed by atoms with E-state index < -0.39 is 0 Å². The van der Waals surface area contributed by atoms with E-state index in [9.17, 15) is 14.0 Å². The van der Waals surface area contributed by atoms with Crippen LogP contribution in [0.2, 0.25) is 0 Å². The standard InChI is InChI=1S/C24H26FN3O3/c1-27(24(30)17-6-5-7-17)15-23(29)28-22(16-10-12-18(31-2)13-11-16)14-21(26-28)19-8-3-4-9-20(19)25/h3-4,8-13,17,22H,5-7,14-15H2,1-2H3. The van der Waals surface area contributed by atoms with Gasteiger partial charge in [-0.05, 0) is 36.6 Å². The zero-order chi connectivity index (χ0) is 22.0. The molecular formula is C24H26FN3O3. The predicted octanol–water partition coefficient (Wildman–Crippen LogP) is 3.77. The van der Waals surface area contributed by atoms with Crippen LogP contribution in [0.4, 0.5) is 4.39 Å². The third kappa shape index (κ3) is 4.31. The van der Waals surface area contributed by atoms with Crippen molar-refractivity contribution < 1.29 is 18.7 Å². The van der Waals surface area contributed by atoms with Crippen molar-refractivity contribution in [2.24, 2.45) is 11.0 Å². The van der Waals surface area contributed by atoms with Crippen LogP contribution in [0.1, 0.15) is 42.9 Å². The minimum absolute atomic E-state index is 0.00176. The highest BCUT2D eigenvalue weighted by molar-refractivity contribution is 6.03. The maximum absolute atomic E-state index is 14.4. The Bertz CT molecular complexity index is 1000. The van der Waals surface area contributed by atoms with Gasteiger partial charge in [-0.1, -0.05) is 36.8 Å². The maximum Gasteiger partial charge on any atom is 0.262 e. The third-order valence-corrected chi connectivity index (χ3v) is 6.05. The lowest BCUT2D eigenvalue weighted by molar-refractivity contribution is -0.144. The van der Waals surface area contributed by atoms with E-state index in [-0.39, 0.29) is 36.1 Å². The molecule has 2 amide bonds. The van der Waals surface area contributed by atoms with E-state index in [1.165, 1.54) is 16.0 Å². The largest absolute Gasteiger partial charge is 0.497 e. The Morgan fingerprint density at radius 1 is 1.16 bits per heavy atom. The lowest BCUT2D eigenvalue weighted by atomic mass is 9.84. The van der Waals surface area contributed by atoms with Gasteiger partial charge in [0.05, 0.1) is 18.9 Å². The van der Waals surface area contributed by atoms with Crippen molar-refractivity contribution in [3.8, 4) is 5.75 Å². The second kappa shape index (κ2) is 8.88. The van der Waals surface area contributed by atoms with Crippen LogP contribution >= 0.6 is 0 Å². The van der Waals surface area contributed by atoms with Crippen molar-refractivity contribution in [3.63, 3.8) is 0 Å². The molecule has 1 atom stereocenters. The molecule has 0 saturated heterocycles. The molecule has 1 unspecified atom stereocenters. The summed E-state index contributed by atoms with van der Waals surface area (Å²) in [5, 5.41) is 5.90. The molecule has 0 spiro atoms. The summed E-state index contributed by atoms with van der Waals surface area (Å²) < 4.78 is 19.6. The molecule has 1 fully saturated rings. The van der Waals surface area contributed by atoms with Crippen LogP contribution in [0.3, 0.4) is 0 Å². The van der Waals surface area contributed by atoms with Gasteiger partial charge in [-0.15, -0.1) is 0 Å². The van der Waals surface area contributed by atoms with Gasteiger partial charge in [0, 0.05) is 24.9 Å². The number of likely N-dealkylation sites (N-methyl/N-ethyl adjacent to an activating group) is 1. The van der Waals surface area contributed by atoms with Crippen molar-refractivity contribution in [3.05, 3.63) is 65.5 Å². The molecule has 1 aliphatic heterocycles. The average Bonchev–Trinajstić information content (AvgIpc) is 3.18. The number of hydrazone groups is 1. The SMILES string of the molecule is COc1ccc(C2CC(c3ccccc3F)=NN2C(=O)CN(C)C(=O)C2CCC2)cc1. The Balaban J connectivity index is 1.59. The smallest absolute Gasteiger partial charge is 0.262 e. The molecule has 0 N–H and O–H groups in total. The highest BCUT2D eigenvalue weighted by Crippen LogP contribution is 2.34. The fraction of sp³-hybridized carbons (Fsp3) is 0.375. The first-order chi connectivity index (χ1) is 15.0. The van der Waals surface area contributed by atoms with Gasteiger partial charge in [-0.2, -0.15) is 5.10 Å². The third-order valence-electron chi connectivity index (χ3n) is 6.05. The number of amides is 2. The number of hydrogen-bond donors (Lipinski definition) is 0. The van der Waals surface area contributed by atoms with Crippen molar-refractivity contribution in [2.75, 3.05) is 20.7 Å². The summed E-state index contributed by atoms with van der Waals surface area (Å²) in [7, 11) is 3.24. The highest BCUT2D eigenvalue weighted by atomic mass is 19.1. The molecule has 2 aromatic rings. The molecule has 4 rings (SSSR count). The first kappa shape index (κ1) is 21.0. The van der Waals surface area contributed by atoms with Gasteiger partial charge in [-0.3, -0.25) is 9.59 Å². The van der Waals surface area contributed by atoms with Crippen LogP contribution in [-0.2, 0) is 9.59 Å². The van der Waals surface area contributed by atoms with Crippen LogP contribution < -0.4 is 4.74 Å². The monoisotopic (exact) mass is 423 g/mol. The molecule has 6 nitrogen and oxygen atoms in total. The lowest BCUT2D eigenvalue weighted by Gasteiger charge is -2.30. The molecule has 2 aromatic carbocycles. The normalized spacial score (nSPS) is 18.4. The summed E-state index contributed by atoms with van der Waals surface area (Å²) in [5.74, 6) is 0.0636.